The number of anilines is 1. The summed E-state index contributed by atoms with van der Waals surface area (Å²) in [7, 11) is 1.54. The van der Waals surface area contributed by atoms with Crippen LogP contribution in [0.15, 0.2) is 35.5 Å². The molecule has 2 aliphatic carbocycles. The highest BCUT2D eigenvalue weighted by Crippen LogP contribution is 2.53. The van der Waals surface area contributed by atoms with Gasteiger partial charge in [-0.25, -0.2) is 5.43 Å². The number of aliphatic hydroxyl groups is 2. The summed E-state index contributed by atoms with van der Waals surface area (Å²) in [5, 5.41) is 50.4. The standard InChI is InChI=1S/C41H49N5O13/c1-19-38-24(45-14-15-56-40(55-3)39(45)59-38)16-29(57-19)58-25-18-41(54,20(2)43-44-26(47)10-5-4-6-13-46-27(48)11-12-28(46)49)17-22-31(25)37(53)33-32(35(22)51)34(50)21-8-7-9-23(42)30(21)36(33)52/h7-9,11-12,19,24-25,27,29,38-40,48,51,53-54H,4-6,10,13-18,42H2,1-3H3,(H,44,47)/b43-20+/t19-,24-,25-,27?,29-,38+,39+,40-,41-/m0/s1. The van der Waals surface area contributed by atoms with Crippen molar-refractivity contribution >= 4 is 34.8 Å². The predicted molar refractivity (Wildman–Crippen MR) is 206 cm³/mol. The van der Waals surface area contributed by atoms with Gasteiger partial charge in [-0.1, -0.05) is 18.6 Å². The van der Waals surface area contributed by atoms with Crippen LogP contribution in [0.2, 0.25) is 0 Å². The molecule has 3 fully saturated rings. The van der Waals surface area contributed by atoms with Gasteiger partial charge in [0, 0.05) is 80.4 Å². The van der Waals surface area contributed by atoms with Crippen molar-refractivity contribution in [2.75, 3.05) is 32.5 Å². The fraction of sp³-hybridized carbons (Fsp3) is 0.537. The first-order chi connectivity index (χ1) is 28.2. The van der Waals surface area contributed by atoms with E-state index in [0.717, 1.165) is 0 Å². The molecule has 0 saturated carbocycles. The number of aliphatic hydroxyl groups excluding tert-OH is 1. The van der Waals surface area contributed by atoms with E-state index in [1.165, 1.54) is 42.2 Å². The van der Waals surface area contributed by atoms with Crippen molar-refractivity contribution in [1.29, 1.82) is 0 Å². The smallest absolute Gasteiger partial charge is 0.248 e. The average molecular weight is 820 g/mol. The Hall–Kier alpha value is -4.79. The Labute approximate surface area is 339 Å². The van der Waals surface area contributed by atoms with Gasteiger partial charge in [0.05, 0.1) is 41.2 Å². The zero-order valence-corrected chi connectivity index (χ0v) is 33.0. The van der Waals surface area contributed by atoms with Crippen LogP contribution in [0.1, 0.15) is 101 Å². The monoisotopic (exact) mass is 819 g/mol. The van der Waals surface area contributed by atoms with E-state index in [-0.39, 0.29) is 71.0 Å². The first-order valence-electron chi connectivity index (χ1n) is 19.9. The fourth-order valence-electron chi connectivity index (χ4n) is 9.29. The Morgan fingerprint density at radius 3 is 2.61 bits per heavy atom. The van der Waals surface area contributed by atoms with E-state index in [1.54, 1.807) is 7.11 Å². The largest absolute Gasteiger partial charge is 0.507 e. The van der Waals surface area contributed by atoms with Crippen LogP contribution in [-0.4, -0.2) is 135 Å². The van der Waals surface area contributed by atoms with Crippen LogP contribution < -0.4 is 11.2 Å². The number of hydrazone groups is 1. The summed E-state index contributed by atoms with van der Waals surface area (Å²) in [6.07, 6.45) is -0.813. The molecule has 3 saturated heterocycles. The number of morpholine rings is 1. The number of phenolic OH excluding ortho intramolecular Hbond substituents is 2. The number of methoxy groups -OCH3 is 1. The van der Waals surface area contributed by atoms with Gasteiger partial charge < -0.3 is 54.7 Å². The molecule has 2 aromatic carbocycles. The van der Waals surface area contributed by atoms with Gasteiger partial charge in [0.1, 0.15) is 29.4 Å². The number of phenols is 2. The summed E-state index contributed by atoms with van der Waals surface area (Å²) in [4.78, 5) is 56.1. The minimum absolute atomic E-state index is 0.00513. The van der Waals surface area contributed by atoms with E-state index >= 15 is 0 Å². The van der Waals surface area contributed by atoms with Crippen molar-refractivity contribution in [2.24, 2.45) is 5.10 Å². The van der Waals surface area contributed by atoms with Crippen LogP contribution in [-0.2, 0) is 39.7 Å². The molecular weight excluding hydrogens is 770 g/mol. The zero-order chi connectivity index (χ0) is 41.9. The molecule has 0 radical (unpaired) electrons. The number of nitrogens with zero attached hydrogens (tertiary/aromatic N) is 3. The molecule has 0 aromatic heterocycles. The second-order valence-corrected chi connectivity index (χ2v) is 15.9. The molecule has 4 heterocycles. The van der Waals surface area contributed by atoms with E-state index in [0.29, 0.717) is 45.4 Å². The topological polar surface area (TPSA) is 252 Å². The van der Waals surface area contributed by atoms with Crippen molar-refractivity contribution in [3.8, 4) is 11.5 Å². The Bertz CT molecular complexity index is 2130. The van der Waals surface area contributed by atoms with E-state index < -0.39 is 82.9 Å². The van der Waals surface area contributed by atoms with Crippen LogP contribution in [0.5, 0.6) is 11.5 Å². The number of aromatic hydroxyl groups is 2. The number of hydrogen-bond acceptors (Lipinski definition) is 16. The number of ether oxygens (including phenoxy) is 5. The Morgan fingerprint density at radius 2 is 1.86 bits per heavy atom. The van der Waals surface area contributed by atoms with E-state index in [9.17, 15) is 39.6 Å². The van der Waals surface area contributed by atoms with E-state index in [2.05, 4.69) is 15.4 Å². The van der Waals surface area contributed by atoms with Gasteiger partial charge in [0.15, 0.2) is 30.4 Å². The van der Waals surface area contributed by atoms with Crippen molar-refractivity contribution in [1.82, 2.24) is 15.2 Å². The second-order valence-electron chi connectivity index (χ2n) is 15.9. The lowest BCUT2D eigenvalue weighted by molar-refractivity contribution is -0.255. The predicted octanol–water partition coefficient (Wildman–Crippen LogP) is 1.49. The van der Waals surface area contributed by atoms with E-state index in [4.69, 9.17) is 29.4 Å². The summed E-state index contributed by atoms with van der Waals surface area (Å²) in [6, 6.07) is 4.22. The number of nitrogens with two attached hydrogens (primary N) is 1. The summed E-state index contributed by atoms with van der Waals surface area (Å²) in [5.74, 6) is -3.36. The molecule has 18 nitrogen and oxygen atoms in total. The quantitative estimate of drug-likeness (QED) is 0.0527. The average Bonchev–Trinajstić information content (AvgIpc) is 3.75. The Kier molecular flexibility index (Phi) is 11.1. The summed E-state index contributed by atoms with van der Waals surface area (Å²) in [6.45, 7) is 4.69. The number of hydrogen-bond donors (Lipinski definition) is 6. The summed E-state index contributed by atoms with van der Waals surface area (Å²) >= 11 is 0. The van der Waals surface area contributed by atoms with Gasteiger partial charge in [-0.15, -0.1) is 0 Å². The van der Waals surface area contributed by atoms with Gasteiger partial charge in [-0.05, 0) is 38.8 Å². The highest BCUT2D eigenvalue weighted by Gasteiger charge is 2.55. The van der Waals surface area contributed by atoms with Crippen LogP contribution in [0.3, 0.4) is 0 Å². The van der Waals surface area contributed by atoms with Crippen molar-refractivity contribution in [2.45, 2.75) is 114 Å². The number of unbranched alkanes of at least 4 members (excludes halogenated alkanes) is 2. The molecule has 6 aliphatic rings. The molecular formula is C41H49N5O13. The van der Waals surface area contributed by atoms with Gasteiger partial charge in [-0.2, -0.15) is 5.10 Å². The number of rotatable bonds is 11. The third-order valence-corrected chi connectivity index (χ3v) is 12.4. The number of benzene rings is 2. The first-order valence-corrected chi connectivity index (χ1v) is 19.9. The highest BCUT2D eigenvalue weighted by atomic mass is 16.7. The number of ketones is 2. The molecule has 2 aromatic rings. The van der Waals surface area contributed by atoms with Gasteiger partial charge in [0.25, 0.3) is 0 Å². The maximum Gasteiger partial charge on any atom is 0.248 e. The molecule has 2 amide bonds. The number of carbonyl (C=O) groups excluding carboxylic acids is 4. The van der Waals surface area contributed by atoms with Gasteiger partial charge >= 0.3 is 0 Å². The highest BCUT2D eigenvalue weighted by molar-refractivity contribution is 6.32. The lowest BCUT2D eigenvalue weighted by Crippen LogP contribution is -2.55. The van der Waals surface area contributed by atoms with Crippen LogP contribution in [0.25, 0.3) is 0 Å². The number of nitrogens with one attached hydrogen (secondary N) is 1. The first kappa shape index (κ1) is 41.0. The molecule has 4 aliphatic heterocycles. The number of nitrogen functional groups attached to an aromatic ring is 1. The third kappa shape index (κ3) is 7.20. The molecule has 316 valence electrons. The minimum Gasteiger partial charge on any atom is -0.507 e. The number of amides is 2. The molecule has 0 bridgehead atoms. The second kappa shape index (κ2) is 16.0. The summed E-state index contributed by atoms with van der Waals surface area (Å²) in [5.41, 5.74) is 5.83. The molecule has 18 heteroatoms. The molecule has 7 N–H and O–H groups in total. The zero-order valence-electron chi connectivity index (χ0n) is 33.0. The molecule has 9 atom stereocenters. The SMILES string of the molecule is CO[C@H]1OCCN2[C@@H]1O[C@@H]1[C@H](C)O[C@@H](O[C@H]3C[C@](O)(/C(C)=N/NC(=O)CCCCCN4C(=O)C=CC4O)Cc4c(O)c5c(c(O)c43)C(=O)c3c(N)cccc3C5=O)C[C@@H]12. The van der Waals surface area contributed by atoms with Crippen molar-refractivity contribution in [3.05, 3.63) is 63.7 Å². The van der Waals surface area contributed by atoms with E-state index in [1.807, 2.05) is 6.92 Å². The van der Waals surface area contributed by atoms with Crippen molar-refractivity contribution in [3.63, 3.8) is 0 Å². The molecule has 1 unspecified atom stereocenters. The Morgan fingerprint density at radius 1 is 1.08 bits per heavy atom. The molecule has 0 spiro atoms. The maximum absolute atomic E-state index is 14.0. The van der Waals surface area contributed by atoms with Gasteiger partial charge in [-0.3, -0.25) is 24.1 Å². The number of carbonyl (C=O) groups is 4. The lowest BCUT2D eigenvalue weighted by atomic mass is 9.71. The molecule has 59 heavy (non-hydrogen) atoms. The van der Waals surface area contributed by atoms with Crippen LogP contribution >= 0.6 is 0 Å². The summed E-state index contributed by atoms with van der Waals surface area (Å²) < 4.78 is 30.6. The van der Waals surface area contributed by atoms with Gasteiger partial charge in [0.2, 0.25) is 11.8 Å². The number of fused-ring (bicyclic) bond motifs is 6. The maximum atomic E-state index is 14.0. The minimum atomic E-state index is -1.90. The molecule has 8 rings (SSSR count). The third-order valence-electron chi connectivity index (χ3n) is 12.4. The van der Waals surface area contributed by atoms with Crippen LogP contribution in [0, 0.1) is 0 Å². The normalized spacial score (nSPS) is 31.4. The van der Waals surface area contributed by atoms with Crippen LogP contribution in [0.4, 0.5) is 5.69 Å². The van der Waals surface area contributed by atoms with Crippen molar-refractivity contribution < 1.29 is 63.3 Å². The lowest BCUT2D eigenvalue weighted by Gasteiger charge is -2.43. The Balaban J connectivity index is 1.06. The fourth-order valence-corrected chi connectivity index (χ4v) is 9.29.